The molecule has 0 amide bonds. The Morgan fingerprint density at radius 1 is 0.917 bits per heavy atom. The van der Waals surface area contributed by atoms with E-state index in [-0.39, 0.29) is 0 Å². The molecule has 0 spiro atoms. The molecule has 4 heteroatoms. The first-order valence-electron chi connectivity index (χ1n) is 7.92. The molecule has 4 aromatic rings. The number of aromatic nitrogens is 2. The fourth-order valence-electron chi connectivity index (χ4n) is 3.20. The van der Waals surface area contributed by atoms with Crippen LogP contribution in [0.5, 0.6) is 5.75 Å². The number of nitrogens with zero attached hydrogens (tertiary/aromatic N) is 2. The van der Waals surface area contributed by atoms with Gasteiger partial charge < -0.3 is 9.15 Å². The molecule has 116 valence electrons. The monoisotopic (exact) mass is 314 g/mol. The topological polar surface area (TPSA) is 48.2 Å². The van der Waals surface area contributed by atoms with Crippen molar-refractivity contribution >= 4 is 11.0 Å². The molecule has 0 unspecified atom stereocenters. The van der Waals surface area contributed by atoms with Crippen LogP contribution in [0.15, 0.2) is 65.6 Å². The van der Waals surface area contributed by atoms with Crippen LogP contribution in [0, 0.1) is 0 Å². The summed E-state index contributed by atoms with van der Waals surface area (Å²) >= 11 is 0. The maximum Gasteiger partial charge on any atom is 0.153 e. The van der Waals surface area contributed by atoms with Gasteiger partial charge in [-0.3, -0.25) is 9.97 Å². The number of rotatable bonds is 2. The lowest BCUT2D eigenvalue weighted by molar-refractivity contribution is 0.357. The van der Waals surface area contributed by atoms with Crippen LogP contribution in [0.2, 0.25) is 0 Å². The van der Waals surface area contributed by atoms with E-state index >= 15 is 0 Å². The van der Waals surface area contributed by atoms with Crippen LogP contribution in [0.25, 0.3) is 33.4 Å². The van der Waals surface area contributed by atoms with Crippen LogP contribution >= 0.6 is 0 Å². The summed E-state index contributed by atoms with van der Waals surface area (Å²) in [6.07, 6.45) is 8.17. The quantitative estimate of drug-likeness (QED) is 0.547. The molecule has 0 saturated heterocycles. The number of ether oxygens (including phenoxy) is 1. The van der Waals surface area contributed by atoms with Gasteiger partial charge in [-0.2, -0.15) is 0 Å². The van der Waals surface area contributed by atoms with E-state index in [9.17, 15) is 0 Å². The molecule has 0 N–H and O–H groups in total. The first-order chi connectivity index (χ1) is 11.9. The number of furan rings is 1. The van der Waals surface area contributed by atoms with Crippen molar-refractivity contribution in [2.24, 2.45) is 0 Å². The van der Waals surface area contributed by atoms with Crippen molar-refractivity contribution in [3.8, 4) is 28.2 Å². The predicted molar refractivity (Wildman–Crippen MR) is 91.9 cm³/mol. The van der Waals surface area contributed by atoms with Crippen molar-refractivity contribution in [1.29, 1.82) is 0 Å². The summed E-state index contributed by atoms with van der Waals surface area (Å²) in [6.45, 7) is 0.762. The van der Waals surface area contributed by atoms with E-state index in [4.69, 9.17) is 9.15 Å². The Balaban J connectivity index is 1.68. The molecule has 5 rings (SSSR count). The molecular weight excluding hydrogens is 300 g/mol. The SMILES string of the molecule is c1cncc(-c2cc3c(-c4ccc5c(c4)CCO5)cncc3o2)c1. The molecule has 0 saturated carbocycles. The van der Waals surface area contributed by atoms with Crippen LogP contribution in [0.3, 0.4) is 0 Å². The third-order valence-corrected chi connectivity index (χ3v) is 4.39. The molecule has 4 heterocycles. The van der Waals surface area contributed by atoms with Crippen molar-refractivity contribution in [1.82, 2.24) is 9.97 Å². The Kier molecular flexibility index (Phi) is 2.88. The highest BCUT2D eigenvalue weighted by Crippen LogP contribution is 2.36. The molecule has 0 atom stereocenters. The second-order valence-electron chi connectivity index (χ2n) is 5.87. The molecule has 0 aliphatic carbocycles. The Labute approximate surface area is 138 Å². The Morgan fingerprint density at radius 2 is 1.92 bits per heavy atom. The average Bonchev–Trinajstić information content (AvgIpc) is 3.28. The summed E-state index contributed by atoms with van der Waals surface area (Å²) in [6, 6.07) is 12.3. The molecule has 1 aliphatic heterocycles. The molecule has 1 aromatic carbocycles. The van der Waals surface area contributed by atoms with Gasteiger partial charge >= 0.3 is 0 Å². The molecule has 24 heavy (non-hydrogen) atoms. The Morgan fingerprint density at radius 3 is 2.83 bits per heavy atom. The van der Waals surface area contributed by atoms with Gasteiger partial charge in [0.2, 0.25) is 0 Å². The second-order valence-corrected chi connectivity index (χ2v) is 5.87. The lowest BCUT2D eigenvalue weighted by Crippen LogP contribution is -1.85. The summed E-state index contributed by atoms with van der Waals surface area (Å²) in [5.74, 6) is 1.79. The highest BCUT2D eigenvalue weighted by Gasteiger charge is 2.16. The minimum absolute atomic E-state index is 0.762. The Bertz CT molecular complexity index is 1040. The van der Waals surface area contributed by atoms with Crippen LogP contribution < -0.4 is 4.74 Å². The maximum absolute atomic E-state index is 5.98. The van der Waals surface area contributed by atoms with E-state index < -0.39 is 0 Å². The highest BCUT2D eigenvalue weighted by molar-refractivity contribution is 5.95. The number of fused-ring (bicyclic) bond motifs is 2. The highest BCUT2D eigenvalue weighted by atomic mass is 16.5. The van der Waals surface area contributed by atoms with Crippen LogP contribution in [-0.2, 0) is 6.42 Å². The third-order valence-electron chi connectivity index (χ3n) is 4.39. The maximum atomic E-state index is 5.98. The molecule has 0 radical (unpaired) electrons. The van der Waals surface area contributed by atoms with Crippen LogP contribution in [0.4, 0.5) is 0 Å². The summed E-state index contributed by atoms with van der Waals surface area (Å²) in [7, 11) is 0. The first kappa shape index (κ1) is 13.3. The van der Waals surface area contributed by atoms with Crippen molar-refractivity contribution in [2.45, 2.75) is 6.42 Å². The largest absolute Gasteiger partial charge is 0.493 e. The normalized spacial score (nSPS) is 13.0. The van der Waals surface area contributed by atoms with Gasteiger partial charge in [0.05, 0.1) is 12.8 Å². The van der Waals surface area contributed by atoms with Crippen LogP contribution in [-0.4, -0.2) is 16.6 Å². The lowest BCUT2D eigenvalue weighted by atomic mass is 10.0. The van der Waals surface area contributed by atoms with Gasteiger partial charge in [0.1, 0.15) is 11.5 Å². The molecule has 0 fully saturated rings. The van der Waals surface area contributed by atoms with Gasteiger partial charge in [0.15, 0.2) is 5.58 Å². The van der Waals surface area contributed by atoms with E-state index in [1.165, 1.54) is 5.56 Å². The predicted octanol–water partition coefficient (Wildman–Crippen LogP) is 4.49. The fourth-order valence-corrected chi connectivity index (χ4v) is 3.20. The van der Waals surface area contributed by atoms with E-state index in [0.717, 1.165) is 52.2 Å². The van der Waals surface area contributed by atoms with Crippen molar-refractivity contribution in [3.63, 3.8) is 0 Å². The molecular formula is C20H14N2O2. The zero-order chi connectivity index (χ0) is 15.9. The number of hydrogen-bond acceptors (Lipinski definition) is 4. The number of hydrogen-bond donors (Lipinski definition) is 0. The standard InChI is InChI=1S/C20H14N2O2/c1-2-15(10-21-6-1)19-9-16-17(11-22-12-20(16)24-19)13-3-4-18-14(8-13)5-7-23-18/h1-4,6,8-12H,5,7H2. The Hall–Kier alpha value is -3.14. The summed E-state index contributed by atoms with van der Waals surface area (Å²) in [4.78, 5) is 8.51. The lowest BCUT2D eigenvalue weighted by Gasteiger charge is -2.05. The average molecular weight is 314 g/mol. The fraction of sp³-hybridized carbons (Fsp3) is 0.100. The van der Waals surface area contributed by atoms with Gasteiger partial charge in [-0.05, 0) is 41.5 Å². The molecule has 0 bridgehead atoms. The van der Waals surface area contributed by atoms with Crippen LogP contribution in [0.1, 0.15) is 5.56 Å². The van der Waals surface area contributed by atoms with E-state index in [2.05, 4.69) is 28.2 Å². The zero-order valence-electron chi connectivity index (χ0n) is 12.9. The van der Waals surface area contributed by atoms with Gasteiger partial charge in [-0.15, -0.1) is 0 Å². The summed E-state index contributed by atoms with van der Waals surface area (Å²) in [5.41, 5.74) is 5.20. The van der Waals surface area contributed by atoms with Gasteiger partial charge in [0.25, 0.3) is 0 Å². The summed E-state index contributed by atoms with van der Waals surface area (Å²) in [5, 5.41) is 1.06. The minimum Gasteiger partial charge on any atom is -0.493 e. The second kappa shape index (κ2) is 5.20. The van der Waals surface area contributed by atoms with E-state index in [1.807, 2.05) is 24.4 Å². The number of benzene rings is 1. The number of pyridine rings is 2. The minimum atomic E-state index is 0.762. The summed E-state index contributed by atoms with van der Waals surface area (Å²) < 4.78 is 11.6. The van der Waals surface area contributed by atoms with Crippen molar-refractivity contribution in [3.05, 3.63) is 66.7 Å². The van der Waals surface area contributed by atoms with E-state index in [0.29, 0.717) is 0 Å². The van der Waals surface area contributed by atoms with E-state index in [1.54, 1.807) is 18.6 Å². The first-order valence-corrected chi connectivity index (χ1v) is 7.92. The molecule has 1 aliphatic rings. The van der Waals surface area contributed by atoms with Gasteiger partial charge in [-0.1, -0.05) is 6.07 Å². The third kappa shape index (κ3) is 2.07. The van der Waals surface area contributed by atoms with Crippen molar-refractivity contribution in [2.75, 3.05) is 6.61 Å². The smallest absolute Gasteiger partial charge is 0.153 e. The van der Waals surface area contributed by atoms with Gasteiger partial charge in [-0.25, -0.2) is 0 Å². The van der Waals surface area contributed by atoms with Gasteiger partial charge in [0, 0.05) is 41.5 Å². The molecule has 4 nitrogen and oxygen atoms in total. The molecule has 3 aromatic heterocycles. The zero-order valence-corrected chi connectivity index (χ0v) is 12.9. The van der Waals surface area contributed by atoms with Crippen molar-refractivity contribution < 1.29 is 9.15 Å².